The molecule has 1 atom stereocenters. The van der Waals surface area contributed by atoms with E-state index in [-0.39, 0.29) is 11.8 Å². The van der Waals surface area contributed by atoms with Gasteiger partial charge in [-0.3, -0.25) is 14.9 Å². The molecular weight excluding hydrogens is 224 g/mol. The first-order valence-electron chi connectivity index (χ1n) is 5.76. The van der Waals surface area contributed by atoms with Gasteiger partial charge in [-0.15, -0.1) is 0 Å². The number of nitrogens with one attached hydrogen (secondary N) is 3. The van der Waals surface area contributed by atoms with E-state index in [9.17, 15) is 14.4 Å². The lowest BCUT2D eigenvalue weighted by Crippen LogP contribution is -2.46. The van der Waals surface area contributed by atoms with Crippen molar-refractivity contribution in [3.05, 3.63) is 0 Å². The summed E-state index contributed by atoms with van der Waals surface area (Å²) in [6.07, 6.45) is 0.651. The van der Waals surface area contributed by atoms with E-state index >= 15 is 0 Å². The number of carbonyl (C=O) groups excluding carboxylic acids is 3. The number of amides is 4. The van der Waals surface area contributed by atoms with Crippen LogP contribution in [0.4, 0.5) is 4.79 Å². The van der Waals surface area contributed by atoms with Gasteiger partial charge in [-0.05, 0) is 6.42 Å². The molecule has 0 aromatic heterocycles. The van der Waals surface area contributed by atoms with Gasteiger partial charge in [0.1, 0.15) is 6.04 Å². The van der Waals surface area contributed by atoms with Crippen molar-refractivity contribution in [2.24, 2.45) is 0 Å². The third-order valence-corrected chi connectivity index (χ3v) is 2.98. The van der Waals surface area contributed by atoms with Crippen molar-refractivity contribution in [1.82, 2.24) is 20.9 Å². The fourth-order valence-corrected chi connectivity index (χ4v) is 2.00. The number of rotatable bonds is 3. The number of hydrogen-bond acceptors (Lipinski definition) is 4. The lowest BCUT2D eigenvalue weighted by Gasteiger charge is -2.27. The topological polar surface area (TPSA) is 90.5 Å². The first-order valence-corrected chi connectivity index (χ1v) is 5.76. The molecule has 2 aliphatic heterocycles. The molecule has 7 nitrogen and oxygen atoms in total. The highest BCUT2D eigenvalue weighted by Crippen LogP contribution is 2.06. The molecular formula is C10H16N4O3. The van der Waals surface area contributed by atoms with Crippen LogP contribution in [-0.4, -0.2) is 55.0 Å². The Labute approximate surface area is 98.9 Å². The normalized spacial score (nSPS) is 24.5. The van der Waals surface area contributed by atoms with Crippen molar-refractivity contribution in [2.45, 2.75) is 18.9 Å². The zero-order chi connectivity index (χ0) is 12.3. The first kappa shape index (κ1) is 11.8. The summed E-state index contributed by atoms with van der Waals surface area (Å²) in [4.78, 5) is 35.7. The van der Waals surface area contributed by atoms with E-state index < -0.39 is 12.1 Å². The quantitative estimate of drug-likeness (QED) is 0.519. The first-order chi connectivity index (χ1) is 8.16. The molecule has 17 heavy (non-hydrogen) atoms. The molecule has 1 unspecified atom stereocenters. The Bertz CT molecular complexity index is 338. The molecule has 94 valence electrons. The second-order valence-electron chi connectivity index (χ2n) is 4.18. The summed E-state index contributed by atoms with van der Waals surface area (Å²) in [7, 11) is 0. The largest absolute Gasteiger partial charge is 0.340 e. The van der Waals surface area contributed by atoms with Crippen molar-refractivity contribution in [1.29, 1.82) is 0 Å². The number of nitrogens with zero attached hydrogens (tertiary/aromatic N) is 1. The summed E-state index contributed by atoms with van der Waals surface area (Å²) in [6, 6.07) is -1.04. The van der Waals surface area contributed by atoms with Crippen LogP contribution in [0.2, 0.25) is 0 Å². The van der Waals surface area contributed by atoms with Gasteiger partial charge in [0.25, 0.3) is 5.91 Å². The Hall–Kier alpha value is -1.63. The van der Waals surface area contributed by atoms with Crippen LogP contribution in [0.5, 0.6) is 0 Å². The van der Waals surface area contributed by atoms with Gasteiger partial charge in [0.05, 0.1) is 0 Å². The molecule has 2 fully saturated rings. The molecule has 7 heteroatoms. The Morgan fingerprint density at radius 1 is 1.29 bits per heavy atom. The van der Waals surface area contributed by atoms with Crippen LogP contribution in [-0.2, 0) is 9.59 Å². The fraction of sp³-hybridized carbons (Fsp3) is 0.700. The minimum Gasteiger partial charge on any atom is -0.340 e. The summed E-state index contributed by atoms with van der Waals surface area (Å²) in [5.41, 5.74) is 0. The van der Waals surface area contributed by atoms with Crippen molar-refractivity contribution in [3.8, 4) is 0 Å². The van der Waals surface area contributed by atoms with E-state index in [0.717, 1.165) is 13.1 Å². The van der Waals surface area contributed by atoms with E-state index in [2.05, 4.69) is 16.0 Å². The summed E-state index contributed by atoms with van der Waals surface area (Å²) in [5.74, 6) is -0.302. The Morgan fingerprint density at radius 2 is 2.00 bits per heavy atom. The molecule has 3 N–H and O–H groups in total. The molecule has 0 aliphatic carbocycles. The minimum absolute atomic E-state index is 0.0421. The monoisotopic (exact) mass is 240 g/mol. The molecule has 2 aliphatic rings. The Balaban J connectivity index is 1.75. The van der Waals surface area contributed by atoms with Crippen LogP contribution in [0.1, 0.15) is 12.8 Å². The van der Waals surface area contributed by atoms with E-state index in [1.54, 1.807) is 4.90 Å². The average Bonchev–Trinajstić information content (AvgIpc) is 2.66. The standard InChI is InChI=1S/C10H16N4O3/c15-8(14-5-3-11-4-6-14)2-1-7-9(16)13-10(17)12-7/h7,11H,1-6H2,(H2,12,13,16,17). The molecule has 0 radical (unpaired) electrons. The summed E-state index contributed by atoms with van der Waals surface area (Å²) >= 11 is 0. The third-order valence-electron chi connectivity index (χ3n) is 2.98. The molecule has 0 spiro atoms. The van der Waals surface area contributed by atoms with Crippen LogP contribution < -0.4 is 16.0 Å². The molecule has 0 saturated carbocycles. The fourth-order valence-electron chi connectivity index (χ4n) is 2.00. The van der Waals surface area contributed by atoms with Gasteiger partial charge in [-0.1, -0.05) is 0 Å². The lowest BCUT2D eigenvalue weighted by atomic mass is 10.1. The summed E-state index contributed by atoms with van der Waals surface area (Å²) < 4.78 is 0. The molecule has 2 saturated heterocycles. The highest BCUT2D eigenvalue weighted by Gasteiger charge is 2.30. The van der Waals surface area contributed by atoms with Gasteiger partial charge in [0.2, 0.25) is 5.91 Å². The predicted octanol–water partition coefficient (Wildman–Crippen LogP) is -1.59. The summed E-state index contributed by atoms with van der Waals surface area (Å²) in [6.45, 7) is 3.04. The van der Waals surface area contributed by atoms with E-state index in [0.29, 0.717) is 25.9 Å². The smallest absolute Gasteiger partial charge is 0.322 e. The third kappa shape index (κ3) is 2.94. The lowest BCUT2D eigenvalue weighted by molar-refractivity contribution is -0.132. The molecule has 0 bridgehead atoms. The number of carbonyl (C=O) groups is 3. The Kier molecular flexibility index (Phi) is 3.58. The molecule has 0 aromatic carbocycles. The number of piperazine rings is 1. The second-order valence-corrected chi connectivity index (χ2v) is 4.18. The molecule has 2 heterocycles. The maximum absolute atomic E-state index is 11.8. The Morgan fingerprint density at radius 3 is 2.59 bits per heavy atom. The molecule has 0 aromatic rings. The highest BCUT2D eigenvalue weighted by atomic mass is 16.2. The zero-order valence-corrected chi connectivity index (χ0v) is 9.49. The van der Waals surface area contributed by atoms with E-state index in [1.165, 1.54) is 0 Å². The SMILES string of the molecule is O=C1NC(=O)C(CCC(=O)N2CCNCC2)N1. The van der Waals surface area contributed by atoms with Crippen LogP contribution in [0.3, 0.4) is 0 Å². The molecule has 2 rings (SSSR count). The summed E-state index contributed by atoms with van der Waals surface area (Å²) in [5, 5.41) is 7.79. The van der Waals surface area contributed by atoms with Gasteiger partial charge in [0, 0.05) is 32.6 Å². The number of imide groups is 1. The van der Waals surface area contributed by atoms with E-state index in [1.807, 2.05) is 0 Å². The van der Waals surface area contributed by atoms with Crippen LogP contribution in [0, 0.1) is 0 Å². The highest BCUT2D eigenvalue weighted by molar-refractivity contribution is 6.04. The second kappa shape index (κ2) is 5.13. The van der Waals surface area contributed by atoms with Gasteiger partial charge in [-0.2, -0.15) is 0 Å². The van der Waals surface area contributed by atoms with Crippen molar-refractivity contribution in [2.75, 3.05) is 26.2 Å². The van der Waals surface area contributed by atoms with Crippen LogP contribution in [0.15, 0.2) is 0 Å². The van der Waals surface area contributed by atoms with Crippen LogP contribution >= 0.6 is 0 Å². The van der Waals surface area contributed by atoms with E-state index in [4.69, 9.17) is 0 Å². The number of hydrogen-bond donors (Lipinski definition) is 3. The zero-order valence-electron chi connectivity index (χ0n) is 9.49. The average molecular weight is 240 g/mol. The van der Waals surface area contributed by atoms with Gasteiger partial charge in [-0.25, -0.2) is 4.79 Å². The maximum atomic E-state index is 11.8. The van der Waals surface area contributed by atoms with Crippen molar-refractivity contribution >= 4 is 17.8 Å². The van der Waals surface area contributed by atoms with Crippen LogP contribution in [0.25, 0.3) is 0 Å². The minimum atomic E-state index is -0.561. The van der Waals surface area contributed by atoms with Gasteiger partial charge in [0.15, 0.2) is 0 Å². The molecule has 4 amide bonds. The van der Waals surface area contributed by atoms with Crippen molar-refractivity contribution in [3.63, 3.8) is 0 Å². The predicted molar refractivity (Wildman–Crippen MR) is 59.1 cm³/mol. The van der Waals surface area contributed by atoms with Gasteiger partial charge < -0.3 is 15.5 Å². The maximum Gasteiger partial charge on any atom is 0.322 e. The van der Waals surface area contributed by atoms with Crippen molar-refractivity contribution < 1.29 is 14.4 Å². The number of urea groups is 1. The van der Waals surface area contributed by atoms with Gasteiger partial charge >= 0.3 is 6.03 Å².